The highest BCUT2D eigenvalue weighted by Crippen LogP contribution is 2.33. The SMILES string of the molecule is O=C(CN1CCC(C(F)(F)F)CC1)NCC1CCCS1. The predicted molar refractivity (Wildman–Crippen MR) is 73.7 cm³/mol. The lowest BCUT2D eigenvalue weighted by atomic mass is 9.96. The molecule has 0 aromatic heterocycles. The normalized spacial score (nSPS) is 25.9. The number of hydrogen-bond acceptors (Lipinski definition) is 3. The van der Waals surface area contributed by atoms with Crippen molar-refractivity contribution in [3.05, 3.63) is 0 Å². The summed E-state index contributed by atoms with van der Waals surface area (Å²) in [6.45, 7) is 1.62. The molecule has 1 N–H and O–H groups in total. The fraction of sp³-hybridized carbons (Fsp3) is 0.923. The maximum atomic E-state index is 12.5. The van der Waals surface area contributed by atoms with Gasteiger partial charge in [-0.25, -0.2) is 0 Å². The second-order valence-corrected chi connectivity index (χ2v) is 6.94. The first-order chi connectivity index (χ1) is 9.45. The molecule has 0 radical (unpaired) electrons. The summed E-state index contributed by atoms with van der Waals surface area (Å²) in [5, 5.41) is 3.40. The van der Waals surface area contributed by atoms with Crippen LogP contribution in [0.15, 0.2) is 0 Å². The summed E-state index contributed by atoms with van der Waals surface area (Å²) in [4.78, 5) is 13.6. The zero-order valence-electron chi connectivity index (χ0n) is 11.4. The van der Waals surface area contributed by atoms with E-state index >= 15 is 0 Å². The monoisotopic (exact) mass is 310 g/mol. The van der Waals surface area contributed by atoms with Gasteiger partial charge in [0.1, 0.15) is 0 Å². The van der Waals surface area contributed by atoms with Crippen LogP contribution in [0.3, 0.4) is 0 Å². The second kappa shape index (κ2) is 7.02. The number of carbonyl (C=O) groups is 1. The Morgan fingerprint density at radius 1 is 1.25 bits per heavy atom. The van der Waals surface area contributed by atoms with E-state index in [4.69, 9.17) is 0 Å². The van der Waals surface area contributed by atoms with Gasteiger partial charge in [-0.1, -0.05) is 0 Å². The lowest BCUT2D eigenvalue weighted by Crippen LogP contribution is -2.44. The number of rotatable bonds is 4. The molecule has 2 aliphatic heterocycles. The van der Waals surface area contributed by atoms with E-state index in [1.165, 1.54) is 6.42 Å². The van der Waals surface area contributed by atoms with E-state index in [1.54, 1.807) is 0 Å². The van der Waals surface area contributed by atoms with Gasteiger partial charge in [-0.15, -0.1) is 0 Å². The first-order valence-electron chi connectivity index (χ1n) is 7.12. The van der Waals surface area contributed by atoms with E-state index in [9.17, 15) is 18.0 Å². The molecule has 0 bridgehead atoms. The van der Waals surface area contributed by atoms with Crippen molar-refractivity contribution in [2.75, 3.05) is 31.9 Å². The van der Waals surface area contributed by atoms with Crippen molar-refractivity contribution in [1.82, 2.24) is 10.2 Å². The van der Waals surface area contributed by atoms with Crippen LogP contribution in [0, 0.1) is 5.92 Å². The van der Waals surface area contributed by atoms with E-state index in [0.29, 0.717) is 24.9 Å². The fourth-order valence-corrected chi connectivity index (χ4v) is 3.91. The van der Waals surface area contributed by atoms with Crippen molar-refractivity contribution in [3.63, 3.8) is 0 Å². The van der Waals surface area contributed by atoms with Crippen LogP contribution in [0.1, 0.15) is 25.7 Å². The highest BCUT2D eigenvalue weighted by Gasteiger charge is 2.41. The fourth-order valence-electron chi connectivity index (χ4n) is 2.71. The molecule has 7 heteroatoms. The highest BCUT2D eigenvalue weighted by atomic mass is 32.2. The lowest BCUT2D eigenvalue weighted by molar-refractivity contribution is -0.185. The Labute approximate surface area is 121 Å². The molecule has 0 aromatic carbocycles. The van der Waals surface area contributed by atoms with Crippen molar-refractivity contribution in [2.45, 2.75) is 37.1 Å². The molecule has 1 unspecified atom stereocenters. The Hall–Kier alpha value is -0.430. The summed E-state index contributed by atoms with van der Waals surface area (Å²) < 4.78 is 37.6. The summed E-state index contributed by atoms with van der Waals surface area (Å²) >= 11 is 1.88. The lowest BCUT2D eigenvalue weighted by Gasteiger charge is -2.32. The van der Waals surface area contributed by atoms with Gasteiger partial charge < -0.3 is 5.32 Å². The number of nitrogens with one attached hydrogen (secondary N) is 1. The average molecular weight is 310 g/mol. The number of alkyl halides is 3. The van der Waals surface area contributed by atoms with Gasteiger partial charge in [-0.2, -0.15) is 24.9 Å². The van der Waals surface area contributed by atoms with Crippen molar-refractivity contribution < 1.29 is 18.0 Å². The highest BCUT2D eigenvalue weighted by molar-refractivity contribution is 8.00. The van der Waals surface area contributed by atoms with Gasteiger partial charge >= 0.3 is 6.18 Å². The number of thioether (sulfide) groups is 1. The van der Waals surface area contributed by atoms with Crippen molar-refractivity contribution >= 4 is 17.7 Å². The second-order valence-electron chi connectivity index (χ2n) is 5.53. The zero-order chi connectivity index (χ0) is 14.6. The average Bonchev–Trinajstić information content (AvgIpc) is 2.89. The van der Waals surface area contributed by atoms with E-state index in [1.807, 2.05) is 16.7 Å². The molecular formula is C13H21F3N2OS. The predicted octanol–water partition coefficient (Wildman–Crippen LogP) is 2.27. The Morgan fingerprint density at radius 3 is 2.50 bits per heavy atom. The number of carbonyl (C=O) groups excluding carboxylic acids is 1. The van der Waals surface area contributed by atoms with Crippen LogP contribution >= 0.6 is 11.8 Å². The molecule has 1 amide bonds. The molecule has 0 aromatic rings. The molecule has 0 aliphatic carbocycles. The molecule has 20 heavy (non-hydrogen) atoms. The van der Waals surface area contributed by atoms with Crippen LogP contribution in [0.4, 0.5) is 13.2 Å². The Morgan fingerprint density at radius 2 is 1.95 bits per heavy atom. The third-order valence-corrected chi connectivity index (χ3v) is 5.37. The number of hydrogen-bond donors (Lipinski definition) is 1. The summed E-state index contributed by atoms with van der Waals surface area (Å²) in [5.41, 5.74) is 0. The van der Waals surface area contributed by atoms with Gasteiger partial charge in [0.2, 0.25) is 5.91 Å². The van der Waals surface area contributed by atoms with E-state index in [0.717, 1.165) is 12.2 Å². The third-order valence-electron chi connectivity index (χ3n) is 3.97. The van der Waals surface area contributed by atoms with Gasteiger partial charge in [0.25, 0.3) is 0 Å². The van der Waals surface area contributed by atoms with E-state index in [-0.39, 0.29) is 25.3 Å². The largest absolute Gasteiger partial charge is 0.391 e. The molecule has 2 aliphatic rings. The molecule has 3 nitrogen and oxygen atoms in total. The number of nitrogens with zero attached hydrogens (tertiary/aromatic N) is 1. The van der Waals surface area contributed by atoms with Crippen LogP contribution in [0.2, 0.25) is 0 Å². The number of piperidine rings is 1. The smallest absolute Gasteiger partial charge is 0.354 e. The molecule has 0 saturated carbocycles. The Kier molecular flexibility index (Phi) is 5.60. The van der Waals surface area contributed by atoms with Crippen LogP contribution in [0.5, 0.6) is 0 Å². The van der Waals surface area contributed by atoms with Gasteiger partial charge in [0.15, 0.2) is 0 Å². The maximum absolute atomic E-state index is 12.5. The number of halogens is 3. The molecule has 2 fully saturated rings. The van der Waals surface area contributed by atoms with Crippen LogP contribution in [-0.2, 0) is 4.79 Å². The molecule has 2 saturated heterocycles. The summed E-state index contributed by atoms with van der Waals surface area (Å²) in [5.74, 6) is -0.106. The minimum Gasteiger partial charge on any atom is -0.354 e. The van der Waals surface area contributed by atoms with Crippen molar-refractivity contribution in [2.24, 2.45) is 5.92 Å². The molecule has 116 valence electrons. The van der Waals surface area contributed by atoms with Crippen LogP contribution < -0.4 is 5.32 Å². The van der Waals surface area contributed by atoms with Gasteiger partial charge in [0.05, 0.1) is 12.5 Å². The first kappa shape index (κ1) is 15.9. The number of likely N-dealkylation sites (tertiary alicyclic amines) is 1. The Bertz CT molecular complexity index is 324. The molecule has 0 spiro atoms. The maximum Gasteiger partial charge on any atom is 0.391 e. The van der Waals surface area contributed by atoms with Crippen molar-refractivity contribution in [1.29, 1.82) is 0 Å². The van der Waals surface area contributed by atoms with Gasteiger partial charge in [0, 0.05) is 11.8 Å². The summed E-state index contributed by atoms with van der Waals surface area (Å²) in [6, 6.07) is 0. The standard InChI is InChI=1S/C13H21F3N2OS/c14-13(15,16)10-3-5-18(6-4-10)9-12(19)17-8-11-2-1-7-20-11/h10-11H,1-9H2,(H,17,19). The summed E-state index contributed by atoms with van der Waals surface area (Å²) in [7, 11) is 0. The van der Waals surface area contributed by atoms with Crippen LogP contribution in [0.25, 0.3) is 0 Å². The van der Waals surface area contributed by atoms with Gasteiger partial charge in [-0.3, -0.25) is 9.69 Å². The molecule has 2 rings (SSSR count). The first-order valence-corrected chi connectivity index (χ1v) is 8.17. The van der Waals surface area contributed by atoms with E-state index < -0.39 is 12.1 Å². The van der Waals surface area contributed by atoms with Crippen LogP contribution in [-0.4, -0.2) is 54.2 Å². The minimum absolute atomic E-state index is 0.0667. The Balaban J connectivity index is 1.63. The van der Waals surface area contributed by atoms with Gasteiger partial charge in [-0.05, 0) is 44.5 Å². The molecule has 2 heterocycles. The molecule has 1 atom stereocenters. The third kappa shape index (κ3) is 4.84. The zero-order valence-corrected chi connectivity index (χ0v) is 12.2. The summed E-state index contributed by atoms with van der Waals surface area (Å²) in [6.07, 6.45) is -1.53. The minimum atomic E-state index is -4.09. The van der Waals surface area contributed by atoms with E-state index in [2.05, 4.69) is 5.32 Å². The topological polar surface area (TPSA) is 32.3 Å². The molecular weight excluding hydrogens is 289 g/mol. The quantitative estimate of drug-likeness (QED) is 0.864. The van der Waals surface area contributed by atoms with Crippen molar-refractivity contribution in [3.8, 4) is 0 Å². The number of amides is 1.